The van der Waals surface area contributed by atoms with Crippen molar-refractivity contribution in [2.45, 2.75) is 25.7 Å². The van der Waals surface area contributed by atoms with Gasteiger partial charge < -0.3 is 4.42 Å². The molecule has 2 aromatic rings. The fourth-order valence-corrected chi connectivity index (χ4v) is 3.95. The van der Waals surface area contributed by atoms with Crippen molar-refractivity contribution in [3.8, 4) is 0 Å². The molecule has 0 atom stereocenters. The Hall–Kier alpha value is -1.64. The third kappa shape index (κ3) is 3.57. The van der Waals surface area contributed by atoms with E-state index in [0.717, 1.165) is 5.56 Å². The van der Waals surface area contributed by atoms with E-state index in [1.165, 1.54) is 6.07 Å². The molecule has 1 heterocycles. The Morgan fingerprint density at radius 1 is 1.18 bits per heavy atom. The smallest absolute Gasteiger partial charge is 0.269 e. The summed E-state index contributed by atoms with van der Waals surface area (Å²) in [5.74, 6) is 0.415. The number of sulfonamides is 1. The number of hydrogen-bond acceptors (Lipinski definition) is 4. The van der Waals surface area contributed by atoms with Crippen molar-refractivity contribution in [1.29, 1.82) is 0 Å². The summed E-state index contributed by atoms with van der Waals surface area (Å²) >= 11 is 3.20. The Bertz CT molecular complexity index is 827. The lowest BCUT2D eigenvalue weighted by Crippen LogP contribution is -2.41. The minimum atomic E-state index is -3.88. The van der Waals surface area contributed by atoms with Crippen molar-refractivity contribution >= 4 is 31.9 Å². The molecule has 0 aliphatic rings. The number of carbonyl (C=O) groups excluding carboxylic acids is 1. The molecule has 22 heavy (non-hydrogen) atoms. The minimum absolute atomic E-state index is 0.0403. The average Bonchev–Trinajstić information content (AvgIpc) is 2.74. The molecule has 118 valence electrons. The molecule has 1 aromatic heterocycles. The zero-order valence-corrected chi connectivity index (χ0v) is 14.6. The van der Waals surface area contributed by atoms with Gasteiger partial charge in [-0.15, -0.1) is 4.83 Å². The van der Waals surface area contributed by atoms with Crippen LogP contribution in [0, 0.1) is 20.8 Å². The fraction of sp³-hybridized carbons (Fsp3) is 0.214. The number of halogens is 1. The molecule has 0 radical (unpaired) electrons. The summed E-state index contributed by atoms with van der Waals surface area (Å²) in [5, 5.41) is 0. The third-order valence-electron chi connectivity index (χ3n) is 2.96. The number of rotatable bonds is 4. The Kier molecular flexibility index (Phi) is 4.74. The molecule has 0 aliphatic heterocycles. The van der Waals surface area contributed by atoms with Crippen LogP contribution in [0.3, 0.4) is 0 Å². The van der Waals surface area contributed by atoms with Crippen LogP contribution in [0.25, 0.3) is 0 Å². The number of hydrazine groups is 1. The first-order valence-electron chi connectivity index (χ1n) is 6.36. The third-order valence-corrected chi connectivity index (χ3v) is 5.19. The van der Waals surface area contributed by atoms with Gasteiger partial charge in [-0.05, 0) is 60.5 Å². The van der Waals surface area contributed by atoms with Gasteiger partial charge in [0.1, 0.15) is 11.5 Å². The maximum Gasteiger partial charge on any atom is 0.269 e. The number of amides is 1. The molecular weight excluding hydrogens is 372 g/mol. The van der Waals surface area contributed by atoms with Crippen LogP contribution >= 0.6 is 15.9 Å². The van der Waals surface area contributed by atoms with Gasteiger partial charge >= 0.3 is 0 Å². The molecule has 0 aliphatic carbocycles. The molecule has 0 saturated carbocycles. The monoisotopic (exact) mass is 386 g/mol. The van der Waals surface area contributed by atoms with Gasteiger partial charge in [0.15, 0.2) is 0 Å². The van der Waals surface area contributed by atoms with Crippen LogP contribution in [0.5, 0.6) is 0 Å². The second-order valence-corrected chi connectivity index (χ2v) is 7.33. The van der Waals surface area contributed by atoms with Crippen molar-refractivity contribution in [2.75, 3.05) is 0 Å². The molecule has 0 fully saturated rings. The Balaban J connectivity index is 2.16. The summed E-state index contributed by atoms with van der Waals surface area (Å²) in [5.41, 5.74) is 3.37. The van der Waals surface area contributed by atoms with Gasteiger partial charge in [0.05, 0.1) is 10.5 Å². The van der Waals surface area contributed by atoms with Crippen LogP contribution in [0.15, 0.2) is 38.1 Å². The van der Waals surface area contributed by atoms with Crippen LogP contribution in [0.1, 0.15) is 27.4 Å². The van der Waals surface area contributed by atoms with Gasteiger partial charge in [0.2, 0.25) is 0 Å². The predicted octanol–water partition coefficient (Wildman–Crippen LogP) is 2.59. The minimum Gasteiger partial charge on any atom is -0.466 e. The van der Waals surface area contributed by atoms with E-state index in [1.807, 2.05) is 6.92 Å². The summed E-state index contributed by atoms with van der Waals surface area (Å²) in [6, 6.07) is 6.35. The Morgan fingerprint density at radius 3 is 2.41 bits per heavy atom. The average molecular weight is 387 g/mol. The zero-order chi connectivity index (χ0) is 16.5. The summed E-state index contributed by atoms with van der Waals surface area (Å²) < 4.78 is 30.1. The normalized spacial score (nSPS) is 11.5. The van der Waals surface area contributed by atoms with E-state index in [4.69, 9.17) is 4.42 Å². The van der Waals surface area contributed by atoms with E-state index in [0.29, 0.717) is 16.0 Å². The molecule has 2 rings (SSSR count). The highest BCUT2D eigenvalue weighted by molar-refractivity contribution is 9.10. The zero-order valence-electron chi connectivity index (χ0n) is 12.2. The van der Waals surface area contributed by atoms with Gasteiger partial charge in [0.25, 0.3) is 15.9 Å². The highest BCUT2D eigenvalue weighted by Gasteiger charge is 2.20. The Morgan fingerprint density at radius 2 is 1.86 bits per heavy atom. The molecule has 0 spiro atoms. The molecule has 8 heteroatoms. The van der Waals surface area contributed by atoms with Crippen LogP contribution in [-0.2, 0) is 10.0 Å². The number of nitrogens with one attached hydrogen (secondary N) is 2. The second-order valence-electron chi connectivity index (χ2n) is 4.82. The van der Waals surface area contributed by atoms with Gasteiger partial charge in [-0.3, -0.25) is 10.2 Å². The van der Waals surface area contributed by atoms with Crippen LogP contribution in [0.4, 0.5) is 0 Å². The number of benzene rings is 1. The lowest BCUT2D eigenvalue weighted by atomic mass is 10.2. The first-order valence-corrected chi connectivity index (χ1v) is 8.63. The first kappa shape index (κ1) is 16.7. The van der Waals surface area contributed by atoms with Gasteiger partial charge in [0, 0.05) is 4.47 Å². The topological polar surface area (TPSA) is 88.4 Å². The van der Waals surface area contributed by atoms with E-state index in [9.17, 15) is 13.2 Å². The maximum absolute atomic E-state index is 12.2. The van der Waals surface area contributed by atoms with E-state index < -0.39 is 15.9 Å². The van der Waals surface area contributed by atoms with E-state index in [2.05, 4.69) is 26.2 Å². The summed E-state index contributed by atoms with van der Waals surface area (Å²) in [4.78, 5) is 14.1. The lowest BCUT2D eigenvalue weighted by molar-refractivity contribution is 0.0943. The standard InChI is InChI=1S/C14H15BrN2O4S/c1-8-4-5-13(12(15)6-8)22(19,20)17-16-14(18)11-7-9(2)21-10(11)3/h4-7,17H,1-3H3,(H,16,18). The number of hydrogen-bond donors (Lipinski definition) is 2. The van der Waals surface area contributed by atoms with Crippen molar-refractivity contribution in [2.24, 2.45) is 0 Å². The van der Waals surface area contributed by atoms with Crippen LogP contribution in [-0.4, -0.2) is 14.3 Å². The largest absolute Gasteiger partial charge is 0.466 e. The first-order chi connectivity index (χ1) is 10.2. The lowest BCUT2D eigenvalue weighted by Gasteiger charge is -2.10. The summed E-state index contributed by atoms with van der Waals surface area (Å²) in [6.07, 6.45) is 0. The van der Waals surface area contributed by atoms with Crippen molar-refractivity contribution in [3.63, 3.8) is 0 Å². The van der Waals surface area contributed by atoms with Crippen LogP contribution in [0.2, 0.25) is 0 Å². The van der Waals surface area contributed by atoms with E-state index >= 15 is 0 Å². The maximum atomic E-state index is 12.2. The molecule has 0 unspecified atom stereocenters. The predicted molar refractivity (Wildman–Crippen MR) is 84.8 cm³/mol. The molecule has 0 saturated heterocycles. The number of carbonyl (C=O) groups is 1. The molecule has 2 N–H and O–H groups in total. The van der Waals surface area contributed by atoms with Gasteiger partial charge in [-0.25, -0.2) is 8.42 Å². The summed E-state index contributed by atoms with van der Waals surface area (Å²) in [7, 11) is -3.88. The van der Waals surface area contributed by atoms with Gasteiger partial charge in [-0.1, -0.05) is 6.07 Å². The van der Waals surface area contributed by atoms with E-state index in [1.54, 1.807) is 32.0 Å². The van der Waals surface area contributed by atoms with Crippen molar-refractivity contribution in [1.82, 2.24) is 10.3 Å². The molecule has 1 aromatic carbocycles. The number of aryl methyl sites for hydroxylation is 3. The van der Waals surface area contributed by atoms with E-state index in [-0.39, 0.29) is 10.5 Å². The highest BCUT2D eigenvalue weighted by Crippen LogP contribution is 2.22. The fourth-order valence-electron chi connectivity index (χ4n) is 1.92. The summed E-state index contributed by atoms with van der Waals surface area (Å²) in [6.45, 7) is 5.19. The highest BCUT2D eigenvalue weighted by atomic mass is 79.9. The van der Waals surface area contributed by atoms with Crippen molar-refractivity contribution in [3.05, 3.63) is 51.4 Å². The van der Waals surface area contributed by atoms with Crippen LogP contribution < -0.4 is 10.3 Å². The molecular formula is C14H15BrN2O4S. The molecule has 0 bridgehead atoms. The van der Waals surface area contributed by atoms with Gasteiger partial charge in [-0.2, -0.15) is 0 Å². The number of furan rings is 1. The Labute approximate surface area is 137 Å². The van der Waals surface area contributed by atoms with Crippen molar-refractivity contribution < 1.29 is 17.6 Å². The quantitative estimate of drug-likeness (QED) is 0.790. The SMILES string of the molecule is Cc1ccc(S(=O)(=O)NNC(=O)c2cc(C)oc2C)c(Br)c1. The molecule has 6 nitrogen and oxygen atoms in total. The second kappa shape index (κ2) is 6.23. The molecule has 1 amide bonds.